The number of halogens is 3. The van der Waals surface area contributed by atoms with E-state index in [4.69, 9.17) is 10.4 Å². The molecule has 0 aliphatic carbocycles. The lowest BCUT2D eigenvalue weighted by atomic mass is 10.2. The predicted octanol–water partition coefficient (Wildman–Crippen LogP) is 1.66. The largest absolute Gasteiger partial charge is 0.417 e. The summed E-state index contributed by atoms with van der Waals surface area (Å²) in [7, 11) is 0. The van der Waals surface area contributed by atoms with Gasteiger partial charge in [-0.05, 0) is 12.1 Å². The van der Waals surface area contributed by atoms with E-state index in [-0.39, 0.29) is 5.69 Å². The molecular weight excluding hydrogens is 197 g/mol. The van der Waals surface area contributed by atoms with Gasteiger partial charge in [0.05, 0.1) is 11.3 Å². The molecule has 1 heterocycles. The molecule has 0 aliphatic heterocycles. The molecule has 0 radical (unpaired) electrons. The lowest BCUT2D eigenvalue weighted by Crippen LogP contribution is -2.06. The van der Waals surface area contributed by atoms with Crippen LogP contribution < -0.4 is 0 Å². The molecule has 0 spiro atoms. The Kier molecular flexibility index (Phi) is 2.72. The third kappa shape index (κ3) is 2.20. The number of pyridine rings is 1. The second-order valence-electron chi connectivity index (χ2n) is 2.50. The normalized spacial score (nSPS) is 13.4. The van der Waals surface area contributed by atoms with Crippen molar-refractivity contribution < 1.29 is 18.3 Å². The highest BCUT2D eigenvalue weighted by atomic mass is 19.4. The highest BCUT2D eigenvalue weighted by molar-refractivity contribution is 5.20. The topological polar surface area (TPSA) is 56.9 Å². The van der Waals surface area contributed by atoms with Gasteiger partial charge in [-0.2, -0.15) is 18.4 Å². The Hall–Kier alpha value is -1.61. The second-order valence-corrected chi connectivity index (χ2v) is 2.50. The molecule has 1 aromatic rings. The SMILES string of the molecule is N#CC(O)c1ccc(C(F)(F)F)cn1. The number of aromatic nitrogens is 1. The van der Waals surface area contributed by atoms with Crippen molar-refractivity contribution >= 4 is 0 Å². The first-order chi connectivity index (χ1) is 6.45. The van der Waals surface area contributed by atoms with Crippen molar-refractivity contribution in [3.05, 3.63) is 29.6 Å². The van der Waals surface area contributed by atoms with Gasteiger partial charge in [0, 0.05) is 6.20 Å². The number of rotatable bonds is 1. The molecule has 1 atom stereocenters. The lowest BCUT2D eigenvalue weighted by Gasteiger charge is -2.06. The van der Waals surface area contributed by atoms with Crippen LogP contribution in [0.1, 0.15) is 17.4 Å². The maximum absolute atomic E-state index is 12.0. The van der Waals surface area contributed by atoms with E-state index in [2.05, 4.69) is 4.98 Å². The molecule has 6 heteroatoms. The number of nitriles is 1. The van der Waals surface area contributed by atoms with E-state index >= 15 is 0 Å². The summed E-state index contributed by atoms with van der Waals surface area (Å²) >= 11 is 0. The minimum absolute atomic E-state index is 0.0968. The zero-order chi connectivity index (χ0) is 10.8. The van der Waals surface area contributed by atoms with Crippen molar-refractivity contribution in [1.82, 2.24) is 4.98 Å². The molecule has 0 saturated heterocycles. The Bertz CT molecular complexity index is 352. The Balaban J connectivity index is 2.96. The number of aliphatic hydroxyl groups is 1. The summed E-state index contributed by atoms with van der Waals surface area (Å²) in [5, 5.41) is 17.2. The molecule has 0 bridgehead atoms. The van der Waals surface area contributed by atoms with Gasteiger partial charge in [-0.3, -0.25) is 4.98 Å². The van der Waals surface area contributed by atoms with Crippen LogP contribution in [-0.2, 0) is 6.18 Å². The van der Waals surface area contributed by atoms with Crippen molar-refractivity contribution in [3.63, 3.8) is 0 Å². The van der Waals surface area contributed by atoms with Gasteiger partial charge in [-0.15, -0.1) is 0 Å². The molecular formula is C8H5F3N2O. The number of hydrogen-bond acceptors (Lipinski definition) is 3. The fourth-order valence-corrected chi connectivity index (χ4v) is 0.801. The highest BCUT2D eigenvalue weighted by Crippen LogP contribution is 2.28. The minimum Gasteiger partial charge on any atom is -0.373 e. The summed E-state index contributed by atoms with van der Waals surface area (Å²) in [4.78, 5) is 3.32. The van der Waals surface area contributed by atoms with Gasteiger partial charge in [0.15, 0.2) is 6.10 Å². The number of hydrogen-bond donors (Lipinski definition) is 1. The standard InChI is InChI=1S/C8H5F3N2O/c9-8(10,11)5-1-2-6(13-4-5)7(14)3-12/h1-2,4,7,14H. The first-order valence-electron chi connectivity index (χ1n) is 3.56. The van der Waals surface area contributed by atoms with E-state index in [0.29, 0.717) is 6.20 Å². The average Bonchev–Trinajstić information content (AvgIpc) is 2.15. The van der Waals surface area contributed by atoms with Crippen LogP contribution in [0.3, 0.4) is 0 Å². The van der Waals surface area contributed by atoms with Crippen molar-refractivity contribution in [2.24, 2.45) is 0 Å². The van der Waals surface area contributed by atoms with E-state index < -0.39 is 17.8 Å². The van der Waals surface area contributed by atoms with Gasteiger partial charge in [0.1, 0.15) is 6.07 Å². The zero-order valence-electron chi connectivity index (χ0n) is 6.78. The van der Waals surface area contributed by atoms with Gasteiger partial charge in [0.25, 0.3) is 0 Å². The molecule has 0 saturated carbocycles. The molecule has 0 fully saturated rings. The van der Waals surface area contributed by atoms with Gasteiger partial charge in [-0.1, -0.05) is 0 Å². The van der Waals surface area contributed by atoms with E-state index in [1.807, 2.05) is 0 Å². The summed E-state index contributed by atoms with van der Waals surface area (Å²) in [5.74, 6) is 0. The summed E-state index contributed by atoms with van der Waals surface area (Å²) in [6.07, 6.45) is -5.36. The van der Waals surface area contributed by atoms with Crippen LogP contribution in [0.25, 0.3) is 0 Å². The summed E-state index contributed by atoms with van der Waals surface area (Å²) in [5.41, 5.74) is -1.01. The molecule has 74 valence electrons. The van der Waals surface area contributed by atoms with Crippen molar-refractivity contribution in [3.8, 4) is 6.07 Å². The molecule has 1 aromatic heterocycles. The molecule has 0 aliphatic rings. The van der Waals surface area contributed by atoms with E-state index in [0.717, 1.165) is 12.1 Å². The van der Waals surface area contributed by atoms with E-state index in [9.17, 15) is 13.2 Å². The van der Waals surface area contributed by atoms with Crippen LogP contribution in [0.15, 0.2) is 18.3 Å². The van der Waals surface area contributed by atoms with Crippen LogP contribution in [0.5, 0.6) is 0 Å². The lowest BCUT2D eigenvalue weighted by molar-refractivity contribution is -0.137. The van der Waals surface area contributed by atoms with Gasteiger partial charge >= 0.3 is 6.18 Å². The molecule has 1 N–H and O–H groups in total. The summed E-state index contributed by atoms with van der Waals surface area (Å²) in [6.45, 7) is 0. The quantitative estimate of drug-likeness (QED) is 0.704. The summed E-state index contributed by atoms with van der Waals surface area (Å²) < 4.78 is 36.1. The van der Waals surface area contributed by atoms with Crippen LogP contribution in [-0.4, -0.2) is 10.1 Å². The van der Waals surface area contributed by atoms with Crippen LogP contribution in [0.4, 0.5) is 13.2 Å². The number of alkyl halides is 3. The monoisotopic (exact) mass is 202 g/mol. The fraction of sp³-hybridized carbons (Fsp3) is 0.250. The molecule has 0 aromatic carbocycles. The summed E-state index contributed by atoms with van der Waals surface area (Å²) in [6, 6.07) is 3.19. The second kappa shape index (κ2) is 3.64. The zero-order valence-corrected chi connectivity index (χ0v) is 6.78. The Morgan fingerprint density at radius 3 is 2.43 bits per heavy atom. The molecule has 1 rings (SSSR count). The predicted molar refractivity (Wildman–Crippen MR) is 39.8 cm³/mol. The molecule has 3 nitrogen and oxygen atoms in total. The van der Waals surface area contributed by atoms with E-state index in [1.54, 1.807) is 0 Å². The van der Waals surface area contributed by atoms with Gasteiger partial charge < -0.3 is 5.11 Å². The minimum atomic E-state index is -4.46. The van der Waals surface area contributed by atoms with Crippen LogP contribution in [0, 0.1) is 11.3 Å². The number of nitrogens with zero attached hydrogens (tertiary/aromatic N) is 2. The van der Waals surface area contributed by atoms with E-state index in [1.165, 1.54) is 6.07 Å². The Morgan fingerprint density at radius 1 is 1.43 bits per heavy atom. The number of aliphatic hydroxyl groups excluding tert-OH is 1. The Labute approximate surface area is 77.4 Å². The van der Waals surface area contributed by atoms with Crippen molar-refractivity contribution in [2.75, 3.05) is 0 Å². The molecule has 14 heavy (non-hydrogen) atoms. The Morgan fingerprint density at radius 2 is 2.07 bits per heavy atom. The maximum Gasteiger partial charge on any atom is 0.417 e. The molecule has 1 unspecified atom stereocenters. The highest BCUT2D eigenvalue weighted by Gasteiger charge is 2.30. The van der Waals surface area contributed by atoms with Crippen LogP contribution >= 0.6 is 0 Å². The molecule has 0 amide bonds. The van der Waals surface area contributed by atoms with Gasteiger partial charge in [-0.25, -0.2) is 0 Å². The average molecular weight is 202 g/mol. The van der Waals surface area contributed by atoms with Gasteiger partial charge in [0.2, 0.25) is 0 Å². The van der Waals surface area contributed by atoms with Crippen LogP contribution in [0.2, 0.25) is 0 Å². The fourth-order valence-electron chi connectivity index (χ4n) is 0.801. The smallest absolute Gasteiger partial charge is 0.373 e. The van der Waals surface area contributed by atoms with Crippen molar-refractivity contribution in [2.45, 2.75) is 12.3 Å². The first kappa shape index (κ1) is 10.5. The maximum atomic E-state index is 12.0. The third-order valence-electron chi connectivity index (χ3n) is 1.52. The van der Waals surface area contributed by atoms with Crippen molar-refractivity contribution in [1.29, 1.82) is 5.26 Å². The first-order valence-corrected chi connectivity index (χ1v) is 3.56. The third-order valence-corrected chi connectivity index (χ3v) is 1.52.